The predicted octanol–water partition coefficient (Wildman–Crippen LogP) is 1.84. The molecule has 3 N–H and O–H groups in total. The molecule has 0 aliphatic rings. The molecule has 1 aromatic carbocycles. The molecule has 0 saturated carbocycles. The van der Waals surface area contributed by atoms with Gasteiger partial charge in [-0.1, -0.05) is 30.3 Å². The zero-order valence-electron chi connectivity index (χ0n) is 12.6. The van der Waals surface area contributed by atoms with E-state index in [1.54, 1.807) is 20.8 Å². The zero-order valence-corrected chi connectivity index (χ0v) is 12.6. The summed E-state index contributed by atoms with van der Waals surface area (Å²) in [5.41, 5.74) is 5.61. The molecule has 1 rings (SSSR count). The van der Waals surface area contributed by atoms with Gasteiger partial charge in [0.25, 0.3) is 0 Å². The fourth-order valence-electron chi connectivity index (χ4n) is 1.97. The number of amides is 1. The van der Waals surface area contributed by atoms with Crippen LogP contribution in [0.5, 0.6) is 0 Å². The lowest BCUT2D eigenvalue weighted by atomic mass is 10.0. The van der Waals surface area contributed by atoms with E-state index in [0.29, 0.717) is 0 Å². The molecule has 0 radical (unpaired) electrons. The van der Waals surface area contributed by atoms with Gasteiger partial charge in [0.15, 0.2) is 0 Å². The normalized spacial score (nSPS) is 12.6. The lowest BCUT2D eigenvalue weighted by Crippen LogP contribution is -2.57. The minimum atomic E-state index is -1.15. The number of hydrogen-bond acceptors (Lipinski definition) is 4. The van der Waals surface area contributed by atoms with E-state index >= 15 is 0 Å². The van der Waals surface area contributed by atoms with Crippen LogP contribution in [0.3, 0.4) is 0 Å². The zero-order chi connectivity index (χ0) is 16.0. The lowest BCUT2D eigenvalue weighted by Gasteiger charge is -2.38. The number of aliphatic carboxylic acids is 1. The predicted molar refractivity (Wildman–Crippen MR) is 78.7 cm³/mol. The van der Waals surface area contributed by atoms with Gasteiger partial charge < -0.3 is 15.6 Å². The molecule has 6 nitrogen and oxygen atoms in total. The van der Waals surface area contributed by atoms with Crippen LogP contribution in [0.4, 0.5) is 4.79 Å². The second kappa shape index (κ2) is 7.08. The number of rotatable bonds is 5. The van der Waals surface area contributed by atoms with E-state index in [-0.39, 0.29) is 13.2 Å². The van der Waals surface area contributed by atoms with Crippen molar-refractivity contribution < 1.29 is 19.4 Å². The number of nitrogens with two attached hydrogens (primary N) is 1. The fraction of sp³-hybridized carbons (Fsp3) is 0.467. The first-order valence-corrected chi connectivity index (χ1v) is 6.70. The number of carbonyl (C=O) groups is 2. The van der Waals surface area contributed by atoms with Gasteiger partial charge in [-0.15, -0.1) is 0 Å². The molecule has 1 atom stereocenters. The molecule has 0 unspecified atom stereocenters. The maximum Gasteiger partial charge on any atom is 0.411 e. The summed E-state index contributed by atoms with van der Waals surface area (Å²) in [5.74, 6) is -1.15. The lowest BCUT2D eigenvalue weighted by molar-refractivity contribution is -0.144. The van der Waals surface area contributed by atoms with Crippen molar-refractivity contribution in [2.75, 3.05) is 6.54 Å². The molecule has 0 fully saturated rings. The first-order chi connectivity index (χ1) is 9.77. The van der Waals surface area contributed by atoms with Gasteiger partial charge in [0.1, 0.15) is 12.6 Å². The maximum atomic E-state index is 12.3. The Labute approximate surface area is 124 Å². The third-order valence-electron chi connectivity index (χ3n) is 2.94. The van der Waals surface area contributed by atoms with Gasteiger partial charge in [-0.3, -0.25) is 4.90 Å². The molecular formula is C15H22N2O4. The Kier molecular flexibility index (Phi) is 5.72. The third-order valence-corrected chi connectivity index (χ3v) is 2.94. The molecule has 0 saturated heterocycles. The summed E-state index contributed by atoms with van der Waals surface area (Å²) in [6.07, 6.45) is -0.691. The van der Waals surface area contributed by atoms with E-state index in [4.69, 9.17) is 10.5 Å². The van der Waals surface area contributed by atoms with E-state index < -0.39 is 23.6 Å². The van der Waals surface area contributed by atoms with Gasteiger partial charge >= 0.3 is 12.1 Å². The average Bonchev–Trinajstić information content (AvgIpc) is 2.41. The van der Waals surface area contributed by atoms with Crippen LogP contribution in [-0.2, 0) is 16.1 Å². The van der Waals surface area contributed by atoms with Crippen molar-refractivity contribution in [2.24, 2.45) is 5.73 Å². The summed E-state index contributed by atoms with van der Waals surface area (Å²) in [7, 11) is 0. The number of ether oxygens (including phenoxy) is 1. The third kappa shape index (κ3) is 4.75. The summed E-state index contributed by atoms with van der Waals surface area (Å²) in [6, 6.07) is 8.07. The minimum absolute atomic E-state index is 0.0865. The van der Waals surface area contributed by atoms with E-state index in [2.05, 4.69) is 0 Å². The van der Waals surface area contributed by atoms with Crippen molar-refractivity contribution in [3.8, 4) is 0 Å². The summed E-state index contributed by atoms with van der Waals surface area (Å²) < 4.78 is 5.22. The Balaban J connectivity index is 2.84. The second-order valence-corrected chi connectivity index (χ2v) is 5.67. The summed E-state index contributed by atoms with van der Waals surface area (Å²) in [5, 5.41) is 9.21. The van der Waals surface area contributed by atoms with Crippen LogP contribution in [0.1, 0.15) is 26.3 Å². The van der Waals surface area contributed by atoms with Crippen LogP contribution >= 0.6 is 0 Å². The van der Waals surface area contributed by atoms with Crippen LogP contribution in [0.2, 0.25) is 0 Å². The molecule has 21 heavy (non-hydrogen) atoms. The Bertz CT molecular complexity index is 482. The second-order valence-electron chi connectivity index (χ2n) is 5.67. The molecule has 0 bridgehead atoms. The van der Waals surface area contributed by atoms with E-state index in [1.165, 1.54) is 0 Å². The SMILES string of the molecule is CC(C)(C)N(C(=O)OCc1ccccc1)[C@@H](CN)C(=O)O. The van der Waals surface area contributed by atoms with Gasteiger partial charge in [-0.25, -0.2) is 9.59 Å². The van der Waals surface area contributed by atoms with Gasteiger partial charge in [0.2, 0.25) is 0 Å². The molecule has 0 spiro atoms. The van der Waals surface area contributed by atoms with E-state index in [0.717, 1.165) is 10.5 Å². The minimum Gasteiger partial charge on any atom is -0.480 e. The van der Waals surface area contributed by atoms with Gasteiger partial charge in [-0.2, -0.15) is 0 Å². The van der Waals surface area contributed by atoms with Crippen LogP contribution in [0.25, 0.3) is 0 Å². The molecular weight excluding hydrogens is 272 g/mol. The molecule has 0 heterocycles. The van der Waals surface area contributed by atoms with E-state index in [1.807, 2.05) is 30.3 Å². The van der Waals surface area contributed by atoms with Crippen LogP contribution in [0.15, 0.2) is 30.3 Å². The number of benzene rings is 1. The Morgan fingerprint density at radius 2 is 1.86 bits per heavy atom. The molecule has 0 aliphatic carbocycles. The van der Waals surface area contributed by atoms with Crippen molar-refractivity contribution in [1.29, 1.82) is 0 Å². The first-order valence-electron chi connectivity index (χ1n) is 6.70. The van der Waals surface area contributed by atoms with Crippen molar-refractivity contribution >= 4 is 12.1 Å². The molecule has 1 aromatic rings. The Morgan fingerprint density at radius 3 is 2.29 bits per heavy atom. The quantitative estimate of drug-likeness (QED) is 0.864. The van der Waals surface area contributed by atoms with E-state index in [9.17, 15) is 14.7 Å². The summed E-state index contributed by atoms with van der Waals surface area (Å²) in [4.78, 5) is 24.7. The topological polar surface area (TPSA) is 92.9 Å². The Morgan fingerprint density at radius 1 is 1.29 bits per heavy atom. The first kappa shape index (κ1) is 17.0. The molecule has 1 amide bonds. The van der Waals surface area contributed by atoms with Crippen LogP contribution < -0.4 is 5.73 Å². The monoisotopic (exact) mass is 294 g/mol. The van der Waals surface area contributed by atoms with Crippen molar-refractivity contribution in [3.63, 3.8) is 0 Å². The van der Waals surface area contributed by atoms with Crippen LogP contribution in [-0.4, -0.2) is 40.2 Å². The van der Waals surface area contributed by atoms with Gasteiger partial charge in [0, 0.05) is 12.1 Å². The number of hydrogen-bond donors (Lipinski definition) is 2. The highest BCUT2D eigenvalue weighted by atomic mass is 16.6. The highest BCUT2D eigenvalue weighted by Crippen LogP contribution is 2.19. The number of carbonyl (C=O) groups excluding carboxylic acids is 1. The highest BCUT2D eigenvalue weighted by molar-refractivity contribution is 5.80. The number of carboxylic acid groups (broad SMARTS) is 1. The largest absolute Gasteiger partial charge is 0.480 e. The highest BCUT2D eigenvalue weighted by Gasteiger charge is 2.37. The number of carboxylic acids is 1. The van der Waals surface area contributed by atoms with Gasteiger partial charge in [0.05, 0.1) is 0 Å². The summed E-state index contributed by atoms with van der Waals surface area (Å²) in [6.45, 7) is 5.13. The maximum absolute atomic E-state index is 12.3. The molecule has 6 heteroatoms. The van der Waals surface area contributed by atoms with Crippen LogP contribution in [0, 0.1) is 0 Å². The number of nitrogens with zero attached hydrogens (tertiary/aromatic N) is 1. The molecule has 0 aliphatic heterocycles. The van der Waals surface area contributed by atoms with Crippen molar-refractivity contribution in [3.05, 3.63) is 35.9 Å². The van der Waals surface area contributed by atoms with Crippen molar-refractivity contribution in [1.82, 2.24) is 4.90 Å². The fourth-order valence-corrected chi connectivity index (χ4v) is 1.97. The standard InChI is InChI=1S/C15H22N2O4/c1-15(2,3)17(12(9-16)13(18)19)14(20)21-10-11-7-5-4-6-8-11/h4-8,12H,9-10,16H2,1-3H3,(H,18,19)/t12-/m0/s1. The molecule has 116 valence electrons. The Hall–Kier alpha value is -2.08. The average molecular weight is 294 g/mol. The molecule has 0 aromatic heterocycles. The van der Waals surface area contributed by atoms with Crippen molar-refractivity contribution in [2.45, 2.75) is 39.0 Å². The smallest absolute Gasteiger partial charge is 0.411 e. The van der Waals surface area contributed by atoms with Gasteiger partial charge in [-0.05, 0) is 26.3 Å². The summed E-state index contributed by atoms with van der Waals surface area (Å²) >= 11 is 0.